The van der Waals surface area contributed by atoms with Crippen LogP contribution in [0.25, 0.3) is 0 Å². The standard InChI is InChI=1S/C10H13N5/c1(6-15-7-5-12-9-15)2-13-10-8-11-3-4-14-10/h3-5,7-9H,1-2,6H2,(H,13,14). The molecule has 2 aromatic rings. The van der Waals surface area contributed by atoms with Crippen LogP contribution in [0.4, 0.5) is 5.82 Å². The number of hydrogen-bond acceptors (Lipinski definition) is 4. The molecule has 5 heteroatoms. The molecule has 0 spiro atoms. The van der Waals surface area contributed by atoms with Crippen molar-refractivity contribution in [3.05, 3.63) is 37.3 Å². The summed E-state index contributed by atoms with van der Waals surface area (Å²) in [5, 5.41) is 3.20. The molecule has 1 N–H and O–H groups in total. The summed E-state index contributed by atoms with van der Waals surface area (Å²) in [6.07, 6.45) is 11.7. The molecule has 78 valence electrons. The maximum absolute atomic E-state index is 4.12. The van der Waals surface area contributed by atoms with Gasteiger partial charge in [0.2, 0.25) is 0 Å². The Hall–Kier alpha value is -1.91. The van der Waals surface area contributed by atoms with Gasteiger partial charge in [-0.15, -0.1) is 0 Å². The van der Waals surface area contributed by atoms with E-state index in [4.69, 9.17) is 0 Å². The number of aryl methyl sites for hydroxylation is 1. The predicted molar refractivity (Wildman–Crippen MR) is 57.4 cm³/mol. The normalized spacial score (nSPS) is 10.1. The van der Waals surface area contributed by atoms with Crippen molar-refractivity contribution >= 4 is 5.82 Å². The first-order chi connectivity index (χ1) is 7.45. The van der Waals surface area contributed by atoms with Gasteiger partial charge < -0.3 is 9.88 Å². The summed E-state index contributed by atoms with van der Waals surface area (Å²) in [6.45, 7) is 1.85. The second-order valence-electron chi connectivity index (χ2n) is 3.17. The van der Waals surface area contributed by atoms with E-state index in [0.29, 0.717) is 0 Å². The summed E-state index contributed by atoms with van der Waals surface area (Å²) in [7, 11) is 0. The average molecular weight is 203 g/mol. The first-order valence-corrected chi connectivity index (χ1v) is 4.91. The number of hydrogen-bond donors (Lipinski definition) is 1. The van der Waals surface area contributed by atoms with Gasteiger partial charge in [-0.3, -0.25) is 4.98 Å². The zero-order chi connectivity index (χ0) is 10.3. The van der Waals surface area contributed by atoms with Gasteiger partial charge >= 0.3 is 0 Å². The highest BCUT2D eigenvalue weighted by atomic mass is 15.0. The molecule has 0 aliphatic carbocycles. The van der Waals surface area contributed by atoms with E-state index in [1.54, 1.807) is 24.8 Å². The van der Waals surface area contributed by atoms with Crippen LogP contribution in [0.5, 0.6) is 0 Å². The average Bonchev–Trinajstić information content (AvgIpc) is 2.79. The number of nitrogens with zero attached hydrogens (tertiary/aromatic N) is 4. The molecule has 0 bridgehead atoms. The molecular weight excluding hydrogens is 190 g/mol. The summed E-state index contributed by atoms with van der Waals surface area (Å²) in [4.78, 5) is 12.1. The van der Waals surface area contributed by atoms with E-state index in [0.717, 1.165) is 25.3 Å². The largest absolute Gasteiger partial charge is 0.369 e. The van der Waals surface area contributed by atoms with E-state index in [9.17, 15) is 0 Å². The van der Waals surface area contributed by atoms with Crippen molar-refractivity contribution in [2.75, 3.05) is 11.9 Å². The summed E-state index contributed by atoms with van der Waals surface area (Å²) >= 11 is 0. The van der Waals surface area contributed by atoms with E-state index in [-0.39, 0.29) is 0 Å². The predicted octanol–water partition coefficient (Wildman–Crippen LogP) is 1.18. The Morgan fingerprint density at radius 1 is 1.20 bits per heavy atom. The van der Waals surface area contributed by atoms with E-state index in [1.165, 1.54) is 0 Å². The number of aromatic nitrogens is 4. The third-order valence-corrected chi connectivity index (χ3v) is 2.02. The van der Waals surface area contributed by atoms with Gasteiger partial charge in [-0.05, 0) is 6.42 Å². The van der Waals surface area contributed by atoms with Crippen molar-refractivity contribution in [2.24, 2.45) is 0 Å². The van der Waals surface area contributed by atoms with E-state index in [2.05, 4.69) is 24.8 Å². The third-order valence-electron chi connectivity index (χ3n) is 2.02. The van der Waals surface area contributed by atoms with Crippen molar-refractivity contribution in [3.8, 4) is 0 Å². The molecule has 0 aromatic carbocycles. The van der Waals surface area contributed by atoms with Crippen molar-refractivity contribution < 1.29 is 0 Å². The number of imidazole rings is 1. The molecule has 2 heterocycles. The third kappa shape index (κ3) is 3.05. The molecule has 0 saturated heterocycles. The highest BCUT2D eigenvalue weighted by Crippen LogP contribution is 1.97. The SMILES string of the molecule is c1cnc(NCCCn2ccnc2)cn1. The van der Waals surface area contributed by atoms with Gasteiger partial charge in [0, 0.05) is 37.9 Å². The maximum Gasteiger partial charge on any atom is 0.144 e. The summed E-state index contributed by atoms with van der Waals surface area (Å²) in [5.41, 5.74) is 0. The number of rotatable bonds is 5. The van der Waals surface area contributed by atoms with Gasteiger partial charge in [-0.2, -0.15) is 0 Å². The Morgan fingerprint density at radius 3 is 2.93 bits per heavy atom. The zero-order valence-corrected chi connectivity index (χ0v) is 8.37. The Labute approximate surface area is 88.2 Å². The van der Waals surface area contributed by atoms with Gasteiger partial charge in [-0.25, -0.2) is 9.97 Å². The van der Waals surface area contributed by atoms with Crippen molar-refractivity contribution in [2.45, 2.75) is 13.0 Å². The molecule has 0 fully saturated rings. The van der Waals surface area contributed by atoms with Crippen LogP contribution in [-0.2, 0) is 6.54 Å². The van der Waals surface area contributed by atoms with Crippen molar-refractivity contribution in [1.82, 2.24) is 19.5 Å². The van der Waals surface area contributed by atoms with E-state index in [1.807, 2.05) is 12.5 Å². The van der Waals surface area contributed by atoms with Crippen LogP contribution >= 0.6 is 0 Å². The molecule has 0 amide bonds. The first kappa shape index (κ1) is 9.64. The van der Waals surface area contributed by atoms with Crippen LogP contribution in [-0.4, -0.2) is 26.1 Å². The molecule has 0 aliphatic rings. The van der Waals surface area contributed by atoms with Crippen LogP contribution in [0, 0.1) is 0 Å². The molecule has 0 radical (unpaired) electrons. The Kier molecular flexibility index (Phi) is 3.27. The van der Waals surface area contributed by atoms with Gasteiger partial charge in [0.1, 0.15) is 5.82 Å². The number of nitrogens with one attached hydrogen (secondary N) is 1. The molecule has 2 rings (SSSR count). The highest BCUT2D eigenvalue weighted by molar-refractivity contribution is 5.29. The van der Waals surface area contributed by atoms with Gasteiger partial charge in [-0.1, -0.05) is 0 Å². The zero-order valence-electron chi connectivity index (χ0n) is 8.37. The molecule has 15 heavy (non-hydrogen) atoms. The molecule has 0 atom stereocenters. The first-order valence-electron chi connectivity index (χ1n) is 4.91. The second-order valence-corrected chi connectivity index (χ2v) is 3.17. The smallest absolute Gasteiger partial charge is 0.144 e. The van der Waals surface area contributed by atoms with Crippen LogP contribution in [0.1, 0.15) is 6.42 Å². The monoisotopic (exact) mass is 203 g/mol. The van der Waals surface area contributed by atoms with Crippen molar-refractivity contribution in [1.29, 1.82) is 0 Å². The minimum absolute atomic E-state index is 0.822. The fraction of sp³-hybridized carbons (Fsp3) is 0.300. The summed E-state index contributed by atoms with van der Waals surface area (Å²) in [6, 6.07) is 0. The number of anilines is 1. The summed E-state index contributed by atoms with van der Waals surface area (Å²) in [5.74, 6) is 0.822. The van der Waals surface area contributed by atoms with Gasteiger partial charge in [0.15, 0.2) is 0 Å². The Morgan fingerprint density at radius 2 is 2.20 bits per heavy atom. The summed E-state index contributed by atoms with van der Waals surface area (Å²) < 4.78 is 2.05. The minimum Gasteiger partial charge on any atom is -0.369 e. The lowest BCUT2D eigenvalue weighted by Gasteiger charge is -2.04. The van der Waals surface area contributed by atoms with Crippen LogP contribution in [0.15, 0.2) is 37.3 Å². The maximum atomic E-state index is 4.12. The van der Waals surface area contributed by atoms with E-state index >= 15 is 0 Å². The van der Waals surface area contributed by atoms with Gasteiger partial charge in [0.05, 0.1) is 12.5 Å². The molecule has 2 aromatic heterocycles. The molecule has 5 nitrogen and oxygen atoms in total. The lowest BCUT2D eigenvalue weighted by Crippen LogP contribution is -2.06. The lowest BCUT2D eigenvalue weighted by atomic mass is 10.4. The van der Waals surface area contributed by atoms with Crippen LogP contribution in [0.2, 0.25) is 0 Å². The molecular formula is C10H13N5. The van der Waals surface area contributed by atoms with Crippen LogP contribution in [0.3, 0.4) is 0 Å². The second kappa shape index (κ2) is 5.09. The molecule has 0 unspecified atom stereocenters. The highest BCUT2D eigenvalue weighted by Gasteiger charge is 1.92. The van der Waals surface area contributed by atoms with Crippen LogP contribution < -0.4 is 5.32 Å². The lowest BCUT2D eigenvalue weighted by molar-refractivity contribution is 0.660. The van der Waals surface area contributed by atoms with E-state index < -0.39 is 0 Å². The van der Waals surface area contributed by atoms with Crippen molar-refractivity contribution in [3.63, 3.8) is 0 Å². The Bertz CT molecular complexity index is 370. The quantitative estimate of drug-likeness (QED) is 0.741. The molecule has 0 aliphatic heterocycles. The Balaban J connectivity index is 1.68. The fourth-order valence-corrected chi connectivity index (χ4v) is 1.29. The molecule has 0 saturated carbocycles. The minimum atomic E-state index is 0.822. The van der Waals surface area contributed by atoms with Gasteiger partial charge in [0.25, 0.3) is 0 Å². The fourth-order valence-electron chi connectivity index (χ4n) is 1.29. The topological polar surface area (TPSA) is 55.6 Å².